The van der Waals surface area contributed by atoms with Crippen molar-refractivity contribution in [2.75, 3.05) is 0 Å². The van der Waals surface area contributed by atoms with Crippen LogP contribution in [0.2, 0.25) is 0 Å². The number of alkyl halides is 1. The predicted molar refractivity (Wildman–Crippen MR) is 86.3 cm³/mol. The van der Waals surface area contributed by atoms with E-state index in [1.807, 2.05) is 13.8 Å². The third-order valence-electron chi connectivity index (χ3n) is 4.65. The Hall–Kier alpha value is 0.0400. The van der Waals surface area contributed by atoms with Crippen LogP contribution in [-0.2, 0) is 5.41 Å². The highest BCUT2D eigenvalue weighted by atomic mass is 79.9. The number of hydrogen-bond acceptors (Lipinski definition) is 0. The minimum absolute atomic E-state index is 0.205. The zero-order valence-corrected chi connectivity index (χ0v) is 15.2. The van der Waals surface area contributed by atoms with Crippen LogP contribution in [0.5, 0.6) is 0 Å². The van der Waals surface area contributed by atoms with Crippen molar-refractivity contribution in [3.63, 3.8) is 0 Å². The maximum absolute atomic E-state index is 14.4. The summed E-state index contributed by atoms with van der Waals surface area (Å²) in [4.78, 5) is 0.305. The van der Waals surface area contributed by atoms with Gasteiger partial charge in [-0.2, -0.15) is 0 Å². The maximum Gasteiger partial charge on any atom is 0.144 e. The van der Waals surface area contributed by atoms with Gasteiger partial charge in [-0.1, -0.05) is 43.1 Å². The van der Waals surface area contributed by atoms with Gasteiger partial charge in [0, 0.05) is 10.4 Å². The van der Waals surface area contributed by atoms with Gasteiger partial charge in [-0.15, -0.1) is 0 Å². The molecule has 1 aliphatic carbocycles. The second-order valence-electron chi connectivity index (χ2n) is 6.48. The van der Waals surface area contributed by atoms with E-state index in [1.165, 1.54) is 12.1 Å². The standard InChI is InChI=1S/C16H20Br2F2/c1-9-4-5-10(12(18)8-9)16(2,3)14-13(19)7-6-11(17)15(14)20/h6-7,9-10,12H,4-5,8H2,1-3H3. The molecule has 4 heteroatoms. The second-order valence-corrected chi connectivity index (χ2v) is 8.51. The highest BCUT2D eigenvalue weighted by Crippen LogP contribution is 2.47. The van der Waals surface area contributed by atoms with E-state index in [2.05, 4.69) is 38.8 Å². The van der Waals surface area contributed by atoms with Crippen LogP contribution >= 0.6 is 31.9 Å². The van der Waals surface area contributed by atoms with Gasteiger partial charge in [0.25, 0.3) is 0 Å². The highest BCUT2D eigenvalue weighted by Gasteiger charge is 2.42. The average Bonchev–Trinajstić information content (AvgIpc) is 2.33. The van der Waals surface area contributed by atoms with E-state index in [9.17, 15) is 8.78 Å². The fourth-order valence-electron chi connectivity index (χ4n) is 3.43. The Morgan fingerprint density at radius 3 is 2.45 bits per heavy atom. The Kier molecular flexibility index (Phi) is 4.95. The Labute approximate surface area is 136 Å². The van der Waals surface area contributed by atoms with E-state index in [4.69, 9.17) is 0 Å². The fraction of sp³-hybridized carbons (Fsp3) is 0.625. The zero-order valence-electron chi connectivity index (χ0n) is 12.0. The molecular weight excluding hydrogens is 390 g/mol. The van der Waals surface area contributed by atoms with Gasteiger partial charge in [-0.25, -0.2) is 8.78 Å². The van der Waals surface area contributed by atoms with E-state index < -0.39 is 17.0 Å². The van der Waals surface area contributed by atoms with Crippen LogP contribution in [0.4, 0.5) is 8.78 Å². The van der Waals surface area contributed by atoms with Crippen molar-refractivity contribution in [2.45, 2.75) is 50.3 Å². The molecule has 3 unspecified atom stereocenters. The molecule has 0 heterocycles. The average molecular weight is 410 g/mol. The normalized spacial score (nSPS) is 27.6. The summed E-state index contributed by atoms with van der Waals surface area (Å²) >= 11 is 6.91. The summed E-state index contributed by atoms with van der Waals surface area (Å²) in [5, 5.41) is 0. The Morgan fingerprint density at radius 1 is 1.20 bits per heavy atom. The predicted octanol–water partition coefficient (Wildman–Crippen LogP) is 6.20. The van der Waals surface area contributed by atoms with Gasteiger partial charge in [0.2, 0.25) is 0 Å². The molecule has 2 rings (SSSR count). The Balaban J connectivity index is 2.42. The summed E-state index contributed by atoms with van der Waals surface area (Å²) in [6.45, 7) is 6.14. The first-order valence-corrected chi connectivity index (χ1v) is 8.74. The van der Waals surface area contributed by atoms with Gasteiger partial charge in [0.1, 0.15) is 11.6 Å². The van der Waals surface area contributed by atoms with Crippen molar-refractivity contribution >= 4 is 31.9 Å². The van der Waals surface area contributed by atoms with Crippen LogP contribution in [0.3, 0.4) is 0 Å². The summed E-state index contributed by atoms with van der Waals surface area (Å²) in [7, 11) is 0. The molecule has 1 aromatic carbocycles. The molecule has 1 saturated carbocycles. The summed E-state index contributed by atoms with van der Waals surface area (Å²) in [6, 6.07) is 2.78. The van der Waals surface area contributed by atoms with E-state index in [0.717, 1.165) is 19.3 Å². The monoisotopic (exact) mass is 408 g/mol. The molecule has 0 radical (unpaired) electrons. The van der Waals surface area contributed by atoms with Gasteiger partial charge in [0.05, 0.1) is 4.47 Å². The van der Waals surface area contributed by atoms with Crippen LogP contribution in [0, 0.1) is 23.5 Å². The SMILES string of the molecule is CC1CCC(C(C)(C)c2c(F)ccc(Br)c2F)C(Br)C1. The Bertz CT molecular complexity index is 499. The first kappa shape index (κ1) is 16.4. The van der Waals surface area contributed by atoms with Gasteiger partial charge < -0.3 is 0 Å². The van der Waals surface area contributed by atoms with Gasteiger partial charge in [-0.05, 0) is 58.2 Å². The fourth-order valence-corrected chi connectivity index (χ4v) is 5.32. The molecule has 0 N–H and O–H groups in total. The topological polar surface area (TPSA) is 0 Å². The lowest BCUT2D eigenvalue weighted by molar-refractivity contribution is 0.205. The van der Waals surface area contributed by atoms with Crippen LogP contribution < -0.4 is 0 Å². The number of hydrogen-bond donors (Lipinski definition) is 0. The minimum Gasteiger partial charge on any atom is -0.207 e. The van der Waals surface area contributed by atoms with Gasteiger partial charge in [0.15, 0.2) is 0 Å². The summed E-state index contributed by atoms with van der Waals surface area (Å²) in [6.07, 6.45) is 3.17. The maximum atomic E-state index is 14.4. The summed E-state index contributed by atoms with van der Waals surface area (Å²) < 4.78 is 29.0. The number of rotatable bonds is 2. The van der Waals surface area contributed by atoms with Crippen molar-refractivity contribution in [3.8, 4) is 0 Å². The molecule has 3 atom stereocenters. The van der Waals surface area contributed by atoms with E-state index >= 15 is 0 Å². The molecule has 0 bridgehead atoms. The van der Waals surface area contributed by atoms with Crippen molar-refractivity contribution in [1.29, 1.82) is 0 Å². The molecule has 0 nitrogen and oxygen atoms in total. The molecule has 1 fully saturated rings. The molecule has 0 saturated heterocycles. The first-order chi connectivity index (χ1) is 9.25. The molecule has 1 aromatic rings. The molecule has 0 amide bonds. The third kappa shape index (κ3) is 2.96. The van der Waals surface area contributed by atoms with E-state index in [-0.39, 0.29) is 11.5 Å². The first-order valence-electron chi connectivity index (χ1n) is 7.03. The molecule has 1 aliphatic rings. The lowest BCUT2D eigenvalue weighted by Gasteiger charge is -2.42. The number of halogens is 4. The molecular formula is C16H20Br2F2. The lowest BCUT2D eigenvalue weighted by atomic mass is 9.65. The van der Waals surface area contributed by atoms with Crippen LogP contribution in [-0.4, -0.2) is 4.83 Å². The van der Waals surface area contributed by atoms with Gasteiger partial charge >= 0.3 is 0 Å². The lowest BCUT2D eigenvalue weighted by Crippen LogP contribution is -2.39. The largest absolute Gasteiger partial charge is 0.207 e. The molecule has 112 valence electrons. The minimum atomic E-state index is -0.535. The summed E-state index contributed by atoms with van der Waals surface area (Å²) in [5.74, 6) is -0.0111. The van der Waals surface area contributed by atoms with E-state index in [1.54, 1.807) is 0 Å². The molecule has 0 aliphatic heterocycles. The van der Waals surface area contributed by atoms with Crippen LogP contribution in [0.15, 0.2) is 16.6 Å². The zero-order chi connectivity index (χ0) is 15.1. The van der Waals surface area contributed by atoms with Crippen molar-refractivity contribution in [3.05, 3.63) is 33.8 Å². The number of benzene rings is 1. The van der Waals surface area contributed by atoms with Crippen LogP contribution in [0.1, 0.15) is 45.6 Å². The van der Waals surface area contributed by atoms with Crippen molar-refractivity contribution in [1.82, 2.24) is 0 Å². The van der Waals surface area contributed by atoms with Crippen LogP contribution in [0.25, 0.3) is 0 Å². The molecule has 0 spiro atoms. The van der Waals surface area contributed by atoms with E-state index in [0.29, 0.717) is 15.2 Å². The van der Waals surface area contributed by atoms with Crippen molar-refractivity contribution in [2.24, 2.45) is 11.8 Å². The third-order valence-corrected chi connectivity index (χ3v) is 6.27. The molecule has 0 aromatic heterocycles. The van der Waals surface area contributed by atoms with Crippen molar-refractivity contribution < 1.29 is 8.78 Å². The molecule has 20 heavy (non-hydrogen) atoms. The smallest absolute Gasteiger partial charge is 0.144 e. The van der Waals surface area contributed by atoms with Gasteiger partial charge in [-0.3, -0.25) is 0 Å². The summed E-state index contributed by atoms with van der Waals surface area (Å²) in [5.41, 5.74) is -0.331. The quantitative estimate of drug-likeness (QED) is 0.402. The highest BCUT2D eigenvalue weighted by molar-refractivity contribution is 9.10. The second kappa shape index (κ2) is 6.04. The Morgan fingerprint density at radius 2 is 1.85 bits per heavy atom.